The third-order valence-corrected chi connectivity index (χ3v) is 7.56. The Bertz CT molecular complexity index is 1220. The van der Waals surface area contributed by atoms with E-state index in [-0.39, 0.29) is 23.7 Å². The molecule has 1 aliphatic carbocycles. The Morgan fingerprint density at radius 3 is 2.22 bits per heavy atom. The fraction of sp³-hybridized carbons (Fsp3) is 0.414. The number of likely N-dealkylation sites (N-methyl/N-ethyl adjacent to an activating group) is 1. The van der Waals surface area contributed by atoms with Gasteiger partial charge in [0.15, 0.2) is 11.5 Å². The Kier molecular flexibility index (Phi) is 7.28. The summed E-state index contributed by atoms with van der Waals surface area (Å²) in [6, 6.07) is 14.1. The molecule has 0 spiro atoms. The number of nitrogens with zero attached hydrogens (tertiary/aromatic N) is 4. The van der Waals surface area contributed by atoms with Crippen molar-refractivity contribution >= 4 is 17.5 Å². The Balaban J connectivity index is 1.36. The lowest BCUT2D eigenvalue weighted by molar-refractivity contribution is -0.138. The number of ether oxygens (including phenoxy) is 2. The van der Waals surface area contributed by atoms with Gasteiger partial charge in [0.1, 0.15) is 0 Å². The van der Waals surface area contributed by atoms with Gasteiger partial charge in [-0.05, 0) is 42.2 Å². The van der Waals surface area contributed by atoms with Gasteiger partial charge in [0, 0.05) is 38.2 Å². The number of piperazine rings is 1. The van der Waals surface area contributed by atoms with Gasteiger partial charge in [-0.25, -0.2) is 5.01 Å². The van der Waals surface area contributed by atoms with Crippen LogP contribution in [0.3, 0.4) is 0 Å². The molecule has 194 valence electrons. The summed E-state index contributed by atoms with van der Waals surface area (Å²) in [5, 5.41) is 6.52. The number of hydrogen-bond acceptors (Lipinski definition) is 6. The molecular weight excluding hydrogens is 468 g/mol. The maximum Gasteiger partial charge on any atom is 0.247 e. The van der Waals surface area contributed by atoms with Gasteiger partial charge in [-0.2, -0.15) is 5.10 Å². The van der Waals surface area contributed by atoms with Crippen molar-refractivity contribution in [2.24, 2.45) is 16.9 Å². The Morgan fingerprint density at radius 2 is 1.54 bits per heavy atom. The molecule has 2 aromatic carbocycles. The largest absolute Gasteiger partial charge is 0.493 e. The molecule has 5 rings (SSSR count). The molecule has 2 heterocycles. The number of hydrogen-bond donors (Lipinski definition) is 0. The predicted molar refractivity (Wildman–Crippen MR) is 141 cm³/mol. The predicted octanol–water partition coefficient (Wildman–Crippen LogP) is 3.31. The topological polar surface area (TPSA) is 74.7 Å². The maximum atomic E-state index is 13.4. The van der Waals surface area contributed by atoms with E-state index < -0.39 is 0 Å². The van der Waals surface area contributed by atoms with Crippen molar-refractivity contribution in [2.45, 2.75) is 25.9 Å². The van der Waals surface area contributed by atoms with Crippen molar-refractivity contribution in [2.75, 3.05) is 40.9 Å². The van der Waals surface area contributed by atoms with Crippen LogP contribution in [0, 0.1) is 11.8 Å². The number of methoxy groups -OCH3 is 2. The van der Waals surface area contributed by atoms with Crippen LogP contribution in [-0.4, -0.2) is 73.2 Å². The zero-order valence-corrected chi connectivity index (χ0v) is 21.7. The van der Waals surface area contributed by atoms with Crippen molar-refractivity contribution in [1.82, 2.24) is 14.8 Å². The van der Waals surface area contributed by atoms with E-state index in [4.69, 9.17) is 14.6 Å². The molecule has 1 saturated heterocycles. The maximum absolute atomic E-state index is 13.4. The summed E-state index contributed by atoms with van der Waals surface area (Å²) >= 11 is 0. The first-order valence-corrected chi connectivity index (χ1v) is 12.8. The van der Waals surface area contributed by atoms with Gasteiger partial charge < -0.3 is 14.4 Å². The number of carbonyl (C=O) groups is 2. The van der Waals surface area contributed by atoms with Crippen molar-refractivity contribution < 1.29 is 19.1 Å². The van der Waals surface area contributed by atoms with E-state index in [1.165, 1.54) is 0 Å². The standard InChI is InChI=1S/C29H34N4O4/c1-31-14-15-32(19-27(31)34)17-20-8-10-21(11-9-20)18-33-29(35)24-7-5-4-6-23(24)28(30-33)22-12-13-25(36-2)26(16-22)37-3/h4-5,8-13,16,23-24H,6-7,14-15,17-19H2,1-3H3/t23-,24+/m1/s1. The molecule has 2 atom stereocenters. The van der Waals surface area contributed by atoms with Crippen molar-refractivity contribution in [1.29, 1.82) is 0 Å². The van der Waals surface area contributed by atoms with Crippen molar-refractivity contribution in [3.05, 3.63) is 71.3 Å². The van der Waals surface area contributed by atoms with Crippen LogP contribution in [0.2, 0.25) is 0 Å². The second kappa shape index (κ2) is 10.8. The summed E-state index contributed by atoms with van der Waals surface area (Å²) in [4.78, 5) is 29.4. The van der Waals surface area contributed by atoms with Crippen LogP contribution in [0.1, 0.15) is 29.5 Å². The van der Waals surface area contributed by atoms with Gasteiger partial charge in [-0.3, -0.25) is 14.5 Å². The van der Waals surface area contributed by atoms with Gasteiger partial charge in [0.2, 0.25) is 11.8 Å². The fourth-order valence-corrected chi connectivity index (χ4v) is 5.34. The second-order valence-corrected chi connectivity index (χ2v) is 9.95. The minimum atomic E-state index is -0.125. The van der Waals surface area contributed by atoms with Crippen LogP contribution >= 0.6 is 0 Å². The van der Waals surface area contributed by atoms with Crippen LogP contribution in [-0.2, 0) is 22.7 Å². The highest BCUT2D eigenvalue weighted by Gasteiger charge is 2.40. The number of carbonyl (C=O) groups excluding carboxylic acids is 2. The van der Waals surface area contributed by atoms with Crippen LogP contribution in [0.4, 0.5) is 0 Å². The lowest BCUT2D eigenvalue weighted by Crippen LogP contribution is -2.47. The highest BCUT2D eigenvalue weighted by molar-refractivity contribution is 6.07. The van der Waals surface area contributed by atoms with Crippen LogP contribution in [0.25, 0.3) is 0 Å². The summed E-state index contributed by atoms with van der Waals surface area (Å²) in [7, 11) is 5.09. The van der Waals surface area contributed by atoms with Crippen LogP contribution < -0.4 is 9.47 Å². The molecule has 2 aliphatic heterocycles. The summed E-state index contributed by atoms with van der Waals surface area (Å²) < 4.78 is 10.9. The van der Waals surface area contributed by atoms with E-state index in [1.807, 2.05) is 25.2 Å². The van der Waals surface area contributed by atoms with Gasteiger partial charge in [0.05, 0.1) is 38.9 Å². The van der Waals surface area contributed by atoms with Crippen molar-refractivity contribution in [3.8, 4) is 11.5 Å². The Labute approximate surface area is 218 Å². The molecule has 37 heavy (non-hydrogen) atoms. The number of amides is 2. The lowest BCUT2D eigenvalue weighted by atomic mass is 9.76. The summed E-state index contributed by atoms with van der Waals surface area (Å²) in [5.74, 6) is 1.45. The van der Waals surface area contributed by atoms with Gasteiger partial charge >= 0.3 is 0 Å². The normalized spacial score (nSPS) is 22.1. The first-order valence-electron chi connectivity index (χ1n) is 12.8. The number of benzene rings is 2. The second-order valence-electron chi connectivity index (χ2n) is 9.95. The third-order valence-electron chi connectivity index (χ3n) is 7.56. The highest BCUT2D eigenvalue weighted by Crippen LogP contribution is 2.37. The van der Waals surface area contributed by atoms with E-state index in [2.05, 4.69) is 41.3 Å². The number of rotatable bonds is 7. The molecule has 0 radical (unpaired) electrons. The van der Waals surface area contributed by atoms with Crippen LogP contribution in [0.15, 0.2) is 59.7 Å². The third kappa shape index (κ3) is 5.25. The smallest absolute Gasteiger partial charge is 0.247 e. The first-order chi connectivity index (χ1) is 18.0. The Morgan fingerprint density at radius 1 is 0.865 bits per heavy atom. The minimum Gasteiger partial charge on any atom is -0.493 e. The van der Waals surface area contributed by atoms with E-state index >= 15 is 0 Å². The molecule has 2 amide bonds. The molecule has 8 heteroatoms. The number of fused-ring (bicyclic) bond motifs is 1. The summed E-state index contributed by atoms with van der Waals surface area (Å²) in [6.45, 7) is 3.23. The first kappa shape index (κ1) is 25.0. The molecule has 1 fully saturated rings. The average Bonchev–Trinajstić information content (AvgIpc) is 2.93. The van der Waals surface area contributed by atoms with Gasteiger partial charge in [-0.1, -0.05) is 36.4 Å². The number of allylic oxidation sites excluding steroid dienone is 2. The van der Waals surface area contributed by atoms with E-state index in [0.717, 1.165) is 54.9 Å². The monoisotopic (exact) mass is 502 g/mol. The lowest BCUT2D eigenvalue weighted by Gasteiger charge is -2.37. The highest BCUT2D eigenvalue weighted by atomic mass is 16.5. The van der Waals surface area contributed by atoms with E-state index in [9.17, 15) is 9.59 Å². The molecule has 2 aromatic rings. The molecule has 0 unspecified atom stereocenters. The molecule has 0 aromatic heterocycles. The molecular formula is C29H34N4O4. The fourth-order valence-electron chi connectivity index (χ4n) is 5.34. The summed E-state index contributed by atoms with van der Waals surface area (Å²) in [5.41, 5.74) is 4.02. The molecule has 0 N–H and O–H groups in total. The van der Waals surface area contributed by atoms with E-state index in [1.54, 1.807) is 24.1 Å². The zero-order chi connectivity index (χ0) is 25.9. The molecule has 0 bridgehead atoms. The van der Waals surface area contributed by atoms with Crippen molar-refractivity contribution in [3.63, 3.8) is 0 Å². The summed E-state index contributed by atoms with van der Waals surface area (Å²) in [6.07, 6.45) is 5.76. The van der Waals surface area contributed by atoms with Gasteiger partial charge in [0.25, 0.3) is 0 Å². The minimum absolute atomic E-state index is 0.0422. The van der Waals surface area contributed by atoms with E-state index in [0.29, 0.717) is 24.6 Å². The quantitative estimate of drug-likeness (QED) is 0.543. The molecule has 8 nitrogen and oxygen atoms in total. The van der Waals surface area contributed by atoms with Gasteiger partial charge in [-0.15, -0.1) is 0 Å². The zero-order valence-electron chi connectivity index (χ0n) is 21.7. The average molecular weight is 503 g/mol. The SMILES string of the molecule is COc1ccc(C2=NN(Cc3ccc(CN4CCN(C)C(=O)C4)cc3)C(=O)[C@H]3CC=CC[C@@H]23)cc1OC. The number of hydrazone groups is 1. The molecule has 3 aliphatic rings. The Hall–Kier alpha value is -3.65. The van der Waals surface area contributed by atoms with Crippen LogP contribution in [0.5, 0.6) is 11.5 Å². The molecule has 0 saturated carbocycles.